The van der Waals surface area contributed by atoms with Crippen LogP contribution in [0, 0.1) is 11.3 Å². The second-order valence-electron chi connectivity index (χ2n) is 8.58. The van der Waals surface area contributed by atoms with Gasteiger partial charge in [0.1, 0.15) is 17.5 Å². The summed E-state index contributed by atoms with van der Waals surface area (Å²) < 4.78 is 1.54. The monoisotopic (exact) mass is 429 g/mol. The molecule has 0 aliphatic rings. The molecule has 0 saturated carbocycles. The predicted octanol–water partition coefficient (Wildman–Crippen LogP) is 3.56. The summed E-state index contributed by atoms with van der Waals surface area (Å²) in [6.45, 7) is 6.55. The number of para-hydroxylation sites is 1. The van der Waals surface area contributed by atoms with Crippen LogP contribution in [0.3, 0.4) is 0 Å². The number of hydrogen-bond donors (Lipinski definition) is 2. The summed E-state index contributed by atoms with van der Waals surface area (Å²) in [5.41, 5.74) is 9.19. The highest BCUT2D eigenvalue weighted by atomic mass is 16.2. The van der Waals surface area contributed by atoms with Crippen molar-refractivity contribution in [2.75, 3.05) is 12.3 Å². The summed E-state index contributed by atoms with van der Waals surface area (Å²) in [4.78, 5) is 24.6. The minimum Gasteiger partial charge on any atom is -0.382 e. The lowest BCUT2D eigenvalue weighted by atomic mass is 9.86. The molecule has 0 fully saturated rings. The molecule has 0 unspecified atom stereocenters. The topological polar surface area (TPSA) is 114 Å². The van der Waals surface area contributed by atoms with Gasteiger partial charge in [-0.25, -0.2) is 4.68 Å². The molecular formula is C25H27N5O2. The van der Waals surface area contributed by atoms with Crippen LogP contribution in [0.4, 0.5) is 5.82 Å². The van der Waals surface area contributed by atoms with Gasteiger partial charge in [0.25, 0.3) is 5.91 Å². The third kappa shape index (κ3) is 5.03. The molecule has 1 heterocycles. The Balaban J connectivity index is 1.58. The van der Waals surface area contributed by atoms with E-state index in [0.717, 1.165) is 11.3 Å². The van der Waals surface area contributed by atoms with Crippen LogP contribution in [0.15, 0.2) is 54.6 Å². The molecule has 0 aliphatic heterocycles. The third-order valence-electron chi connectivity index (χ3n) is 5.20. The highest BCUT2D eigenvalue weighted by molar-refractivity contribution is 6.42. The minimum atomic E-state index is -0.650. The van der Waals surface area contributed by atoms with Crippen molar-refractivity contribution in [1.82, 2.24) is 15.1 Å². The number of Topliss-reactive ketones (excluding diaryl/α,β-unsaturated/α-hetero) is 1. The molecule has 7 heteroatoms. The molecular weight excluding hydrogens is 402 g/mol. The Kier molecular flexibility index (Phi) is 6.74. The normalized spacial score (nSPS) is 11.1. The van der Waals surface area contributed by atoms with Gasteiger partial charge in [0.15, 0.2) is 0 Å². The van der Waals surface area contributed by atoms with Crippen LogP contribution in [0.2, 0.25) is 0 Å². The van der Waals surface area contributed by atoms with E-state index in [4.69, 9.17) is 5.73 Å². The Morgan fingerprint density at radius 1 is 1.09 bits per heavy atom. The van der Waals surface area contributed by atoms with Gasteiger partial charge >= 0.3 is 0 Å². The van der Waals surface area contributed by atoms with Crippen molar-refractivity contribution in [3.05, 3.63) is 77.0 Å². The number of nitrogens with two attached hydrogens (primary N) is 1. The SMILES string of the molecule is CC(C)(C)c1ccc(C(=O)C(=O)NCCCc2nn(-c3ccccc3)c(N)c2C#N)cc1. The lowest BCUT2D eigenvalue weighted by molar-refractivity contribution is -0.117. The standard InChI is InChI=1S/C25H27N5O2/c1-25(2,3)18-13-11-17(12-14-18)22(31)24(32)28-15-7-10-21-20(16-26)23(27)30(29-21)19-8-5-4-6-9-19/h4-6,8-9,11-14H,7,10,15,27H2,1-3H3,(H,28,32). The maximum absolute atomic E-state index is 12.4. The molecule has 0 aliphatic carbocycles. The second kappa shape index (κ2) is 9.48. The Morgan fingerprint density at radius 2 is 1.75 bits per heavy atom. The van der Waals surface area contributed by atoms with E-state index in [9.17, 15) is 14.9 Å². The Morgan fingerprint density at radius 3 is 2.34 bits per heavy atom. The van der Waals surface area contributed by atoms with Gasteiger partial charge < -0.3 is 11.1 Å². The maximum atomic E-state index is 12.4. The largest absolute Gasteiger partial charge is 0.382 e. The Labute approximate surface area is 187 Å². The summed E-state index contributed by atoms with van der Waals surface area (Å²) in [5, 5.41) is 16.6. The molecule has 2 aromatic carbocycles. The zero-order valence-electron chi connectivity index (χ0n) is 18.6. The number of nitrogen functional groups attached to an aromatic ring is 1. The van der Waals surface area contributed by atoms with E-state index in [1.807, 2.05) is 42.5 Å². The molecule has 3 aromatic rings. The van der Waals surface area contributed by atoms with Crippen LogP contribution >= 0.6 is 0 Å². The molecule has 0 bridgehead atoms. The zero-order valence-corrected chi connectivity index (χ0v) is 18.6. The second-order valence-corrected chi connectivity index (χ2v) is 8.58. The minimum absolute atomic E-state index is 0.0248. The fourth-order valence-electron chi connectivity index (χ4n) is 3.33. The molecule has 1 amide bonds. The molecule has 164 valence electrons. The fraction of sp³-hybridized carbons (Fsp3) is 0.280. The highest BCUT2D eigenvalue weighted by Gasteiger charge is 2.19. The number of aryl methyl sites for hydroxylation is 1. The average molecular weight is 430 g/mol. The Bertz CT molecular complexity index is 1150. The fourth-order valence-corrected chi connectivity index (χ4v) is 3.33. The van der Waals surface area contributed by atoms with Gasteiger partial charge in [0.05, 0.1) is 11.4 Å². The molecule has 0 radical (unpaired) electrons. The van der Waals surface area contributed by atoms with Gasteiger partial charge in [-0.15, -0.1) is 0 Å². The molecule has 3 rings (SSSR count). The number of carbonyl (C=O) groups excluding carboxylic acids is 2. The van der Waals surface area contributed by atoms with Crippen LogP contribution in [-0.2, 0) is 16.6 Å². The van der Waals surface area contributed by atoms with E-state index >= 15 is 0 Å². The van der Waals surface area contributed by atoms with Crippen LogP contribution in [0.1, 0.15) is 54.4 Å². The third-order valence-corrected chi connectivity index (χ3v) is 5.20. The number of aromatic nitrogens is 2. The summed E-state index contributed by atoms with van der Waals surface area (Å²) >= 11 is 0. The highest BCUT2D eigenvalue weighted by Crippen LogP contribution is 2.23. The number of nitriles is 1. The lowest BCUT2D eigenvalue weighted by Crippen LogP contribution is -2.32. The number of nitrogens with one attached hydrogen (secondary N) is 1. The van der Waals surface area contributed by atoms with Crippen LogP contribution in [-0.4, -0.2) is 28.0 Å². The van der Waals surface area contributed by atoms with Gasteiger partial charge in [-0.3, -0.25) is 9.59 Å². The van der Waals surface area contributed by atoms with E-state index in [0.29, 0.717) is 29.7 Å². The average Bonchev–Trinajstić information content (AvgIpc) is 3.11. The van der Waals surface area contributed by atoms with Crippen molar-refractivity contribution >= 4 is 17.5 Å². The van der Waals surface area contributed by atoms with E-state index in [1.54, 1.807) is 12.1 Å². The van der Waals surface area contributed by atoms with E-state index in [-0.39, 0.29) is 17.8 Å². The van der Waals surface area contributed by atoms with Crippen molar-refractivity contribution in [1.29, 1.82) is 5.26 Å². The summed E-state index contributed by atoms with van der Waals surface area (Å²) in [6.07, 6.45) is 0.962. The van der Waals surface area contributed by atoms with Crippen LogP contribution in [0.25, 0.3) is 5.69 Å². The number of benzene rings is 2. The summed E-state index contributed by atoms with van der Waals surface area (Å²) in [7, 11) is 0. The van der Waals surface area contributed by atoms with Crippen molar-refractivity contribution in [2.45, 2.75) is 39.0 Å². The van der Waals surface area contributed by atoms with Crippen molar-refractivity contribution in [3.8, 4) is 11.8 Å². The number of ketones is 1. The smallest absolute Gasteiger partial charge is 0.292 e. The summed E-state index contributed by atoms with van der Waals surface area (Å²) in [6, 6.07) is 18.5. The molecule has 0 spiro atoms. The van der Waals surface area contributed by atoms with E-state index in [1.165, 1.54) is 4.68 Å². The first-order chi connectivity index (χ1) is 15.2. The molecule has 1 aromatic heterocycles. The Hall–Kier alpha value is -3.92. The van der Waals surface area contributed by atoms with Crippen molar-refractivity contribution < 1.29 is 9.59 Å². The first-order valence-electron chi connectivity index (χ1n) is 10.5. The number of rotatable bonds is 7. The van der Waals surface area contributed by atoms with E-state index < -0.39 is 11.7 Å². The number of nitrogens with zero attached hydrogens (tertiary/aromatic N) is 3. The van der Waals surface area contributed by atoms with Crippen molar-refractivity contribution in [2.24, 2.45) is 0 Å². The first kappa shape index (κ1) is 22.8. The van der Waals surface area contributed by atoms with Gasteiger partial charge in [0.2, 0.25) is 5.78 Å². The molecule has 0 saturated heterocycles. The molecule has 32 heavy (non-hydrogen) atoms. The van der Waals surface area contributed by atoms with Gasteiger partial charge in [0, 0.05) is 12.1 Å². The first-order valence-corrected chi connectivity index (χ1v) is 10.5. The molecule has 0 atom stereocenters. The van der Waals surface area contributed by atoms with Crippen molar-refractivity contribution in [3.63, 3.8) is 0 Å². The van der Waals surface area contributed by atoms with Gasteiger partial charge in [-0.1, -0.05) is 63.2 Å². The summed E-state index contributed by atoms with van der Waals surface area (Å²) in [5.74, 6) is -0.935. The number of amides is 1. The van der Waals surface area contributed by atoms with Crippen LogP contribution < -0.4 is 11.1 Å². The predicted molar refractivity (Wildman–Crippen MR) is 123 cm³/mol. The zero-order chi connectivity index (χ0) is 23.3. The molecule has 3 N–H and O–H groups in total. The molecule has 7 nitrogen and oxygen atoms in total. The lowest BCUT2D eigenvalue weighted by Gasteiger charge is -2.18. The van der Waals surface area contributed by atoms with Gasteiger partial charge in [-0.2, -0.15) is 10.4 Å². The van der Waals surface area contributed by atoms with E-state index in [2.05, 4.69) is 37.3 Å². The van der Waals surface area contributed by atoms with Gasteiger partial charge in [-0.05, 0) is 36.0 Å². The maximum Gasteiger partial charge on any atom is 0.292 e. The number of carbonyl (C=O) groups is 2. The quantitative estimate of drug-likeness (QED) is 0.339. The van der Waals surface area contributed by atoms with Crippen LogP contribution in [0.5, 0.6) is 0 Å². The number of hydrogen-bond acceptors (Lipinski definition) is 5. The number of anilines is 1.